The number of rotatable bonds is 6. The molecular formula is C20H24N2O2. The van der Waals surface area contributed by atoms with Gasteiger partial charge in [-0.1, -0.05) is 36.4 Å². The molecule has 2 amide bonds. The van der Waals surface area contributed by atoms with Crippen molar-refractivity contribution < 1.29 is 9.59 Å². The van der Waals surface area contributed by atoms with E-state index in [2.05, 4.69) is 5.32 Å². The fourth-order valence-electron chi connectivity index (χ4n) is 2.68. The van der Waals surface area contributed by atoms with Gasteiger partial charge in [0.15, 0.2) is 0 Å². The summed E-state index contributed by atoms with van der Waals surface area (Å²) in [6.07, 6.45) is -0.145. The number of benzene rings is 2. The molecule has 0 aliphatic carbocycles. The zero-order valence-corrected chi connectivity index (χ0v) is 14.5. The molecule has 0 unspecified atom stereocenters. The van der Waals surface area contributed by atoms with Crippen LogP contribution in [0.5, 0.6) is 0 Å². The number of nitrogens with zero attached hydrogens (tertiary/aromatic N) is 1. The minimum absolute atomic E-state index is 0.145. The highest BCUT2D eigenvalue weighted by Crippen LogP contribution is 2.14. The number of amides is 2. The van der Waals surface area contributed by atoms with E-state index in [1.807, 2.05) is 69.3 Å². The van der Waals surface area contributed by atoms with Crippen LogP contribution in [0.4, 0.5) is 5.69 Å². The zero-order valence-electron chi connectivity index (χ0n) is 14.5. The van der Waals surface area contributed by atoms with Crippen LogP contribution in [0.15, 0.2) is 48.5 Å². The summed E-state index contributed by atoms with van der Waals surface area (Å²) < 4.78 is 0. The molecule has 0 atom stereocenters. The number of hydrogen-bond acceptors (Lipinski definition) is 2. The van der Waals surface area contributed by atoms with Gasteiger partial charge in [0.2, 0.25) is 11.8 Å². The van der Waals surface area contributed by atoms with Gasteiger partial charge in [-0.2, -0.15) is 0 Å². The van der Waals surface area contributed by atoms with E-state index >= 15 is 0 Å². The molecule has 4 heteroatoms. The predicted octanol–water partition coefficient (Wildman–Crippen LogP) is 3.68. The highest BCUT2D eigenvalue weighted by Gasteiger charge is 2.16. The van der Waals surface area contributed by atoms with Gasteiger partial charge in [0.1, 0.15) is 6.42 Å². The van der Waals surface area contributed by atoms with Crippen LogP contribution >= 0.6 is 0 Å². The Labute approximate surface area is 143 Å². The lowest BCUT2D eigenvalue weighted by Gasteiger charge is -2.21. The van der Waals surface area contributed by atoms with Crippen molar-refractivity contribution in [2.45, 2.75) is 33.7 Å². The van der Waals surface area contributed by atoms with Crippen LogP contribution in [0.25, 0.3) is 0 Å². The van der Waals surface area contributed by atoms with Crippen LogP contribution in [0, 0.1) is 13.8 Å². The number of hydrogen-bond donors (Lipinski definition) is 1. The van der Waals surface area contributed by atoms with Gasteiger partial charge in [-0.15, -0.1) is 0 Å². The van der Waals surface area contributed by atoms with Crippen molar-refractivity contribution in [3.8, 4) is 0 Å². The van der Waals surface area contributed by atoms with Crippen molar-refractivity contribution in [1.29, 1.82) is 0 Å². The smallest absolute Gasteiger partial charge is 0.233 e. The summed E-state index contributed by atoms with van der Waals surface area (Å²) >= 11 is 0. The molecule has 2 aromatic carbocycles. The number of nitrogens with one attached hydrogen (secondary N) is 1. The van der Waals surface area contributed by atoms with E-state index in [0.29, 0.717) is 13.1 Å². The molecule has 0 aliphatic heterocycles. The molecule has 24 heavy (non-hydrogen) atoms. The van der Waals surface area contributed by atoms with E-state index in [0.717, 1.165) is 22.4 Å². The van der Waals surface area contributed by atoms with E-state index in [-0.39, 0.29) is 18.2 Å². The van der Waals surface area contributed by atoms with E-state index in [4.69, 9.17) is 0 Å². The van der Waals surface area contributed by atoms with Crippen molar-refractivity contribution in [2.75, 3.05) is 11.9 Å². The van der Waals surface area contributed by atoms with E-state index in [1.54, 1.807) is 4.90 Å². The van der Waals surface area contributed by atoms with Crippen LogP contribution < -0.4 is 5.32 Å². The van der Waals surface area contributed by atoms with Crippen molar-refractivity contribution in [2.24, 2.45) is 0 Å². The fourth-order valence-corrected chi connectivity index (χ4v) is 2.68. The van der Waals surface area contributed by atoms with Gasteiger partial charge in [0.25, 0.3) is 0 Å². The number of aryl methyl sites for hydroxylation is 2. The van der Waals surface area contributed by atoms with Crippen LogP contribution in [-0.2, 0) is 16.1 Å². The lowest BCUT2D eigenvalue weighted by atomic mass is 10.1. The van der Waals surface area contributed by atoms with Crippen molar-refractivity contribution in [3.05, 3.63) is 65.2 Å². The monoisotopic (exact) mass is 324 g/mol. The van der Waals surface area contributed by atoms with Gasteiger partial charge in [-0.3, -0.25) is 9.59 Å². The Morgan fingerprint density at radius 2 is 1.62 bits per heavy atom. The molecular weight excluding hydrogens is 300 g/mol. The normalized spacial score (nSPS) is 10.3. The van der Waals surface area contributed by atoms with E-state index in [9.17, 15) is 9.59 Å². The lowest BCUT2D eigenvalue weighted by Crippen LogP contribution is -2.33. The topological polar surface area (TPSA) is 49.4 Å². The second kappa shape index (κ2) is 8.29. The molecule has 0 spiro atoms. The first-order valence-corrected chi connectivity index (χ1v) is 8.17. The van der Waals surface area contributed by atoms with Gasteiger partial charge >= 0.3 is 0 Å². The Balaban J connectivity index is 1.95. The summed E-state index contributed by atoms with van der Waals surface area (Å²) in [6.45, 7) is 6.97. The number of anilines is 1. The van der Waals surface area contributed by atoms with Gasteiger partial charge in [0, 0.05) is 18.8 Å². The molecule has 0 fully saturated rings. The first-order chi connectivity index (χ1) is 11.5. The molecule has 0 saturated carbocycles. The second-order valence-corrected chi connectivity index (χ2v) is 5.99. The standard InChI is InChI=1S/C20H24N2O2/c1-4-22(14-17-8-6-5-7-9-17)20(24)13-19(23)21-18-11-15(2)10-16(3)12-18/h5-12H,4,13-14H2,1-3H3,(H,21,23). The first kappa shape index (κ1) is 17.7. The van der Waals surface area contributed by atoms with Crippen LogP contribution in [0.1, 0.15) is 30.0 Å². The van der Waals surface area contributed by atoms with Gasteiger partial charge in [-0.25, -0.2) is 0 Å². The maximum absolute atomic E-state index is 12.4. The Hall–Kier alpha value is -2.62. The summed E-state index contributed by atoms with van der Waals surface area (Å²) in [6, 6.07) is 15.6. The van der Waals surface area contributed by atoms with E-state index < -0.39 is 0 Å². The number of carbonyl (C=O) groups is 2. The summed E-state index contributed by atoms with van der Waals surface area (Å²) in [4.78, 5) is 26.2. The van der Waals surface area contributed by atoms with Crippen molar-refractivity contribution in [3.63, 3.8) is 0 Å². The molecule has 0 bridgehead atoms. The molecule has 2 aromatic rings. The maximum Gasteiger partial charge on any atom is 0.233 e. The second-order valence-electron chi connectivity index (χ2n) is 5.99. The molecule has 0 heterocycles. The molecule has 1 N–H and O–H groups in total. The molecule has 0 radical (unpaired) electrons. The largest absolute Gasteiger partial charge is 0.338 e. The summed E-state index contributed by atoms with van der Waals surface area (Å²) in [5.74, 6) is -0.445. The Bertz CT molecular complexity index is 691. The summed E-state index contributed by atoms with van der Waals surface area (Å²) in [5.41, 5.74) is 3.95. The fraction of sp³-hybridized carbons (Fsp3) is 0.300. The molecule has 126 valence electrons. The SMILES string of the molecule is CCN(Cc1ccccc1)C(=O)CC(=O)Nc1cc(C)cc(C)c1. The molecule has 0 aromatic heterocycles. The third kappa shape index (κ3) is 5.23. The average Bonchev–Trinajstić information content (AvgIpc) is 2.52. The first-order valence-electron chi connectivity index (χ1n) is 8.17. The highest BCUT2D eigenvalue weighted by atomic mass is 16.2. The third-order valence-corrected chi connectivity index (χ3v) is 3.77. The number of carbonyl (C=O) groups excluding carboxylic acids is 2. The summed E-state index contributed by atoms with van der Waals surface area (Å²) in [7, 11) is 0. The third-order valence-electron chi connectivity index (χ3n) is 3.77. The van der Waals surface area contributed by atoms with Gasteiger partial charge in [-0.05, 0) is 49.6 Å². The lowest BCUT2D eigenvalue weighted by molar-refractivity contribution is -0.134. The Kier molecular flexibility index (Phi) is 6.13. The summed E-state index contributed by atoms with van der Waals surface area (Å²) in [5, 5.41) is 2.81. The maximum atomic E-state index is 12.4. The van der Waals surface area contributed by atoms with Crippen molar-refractivity contribution >= 4 is 17.5 Å². The zero-order chi connectivity index (χ0) is 17.5. The molecule has 2 rings (SSSR count). The minimum atomic E-state index is -0.281. The average molecular weight is 324 g/mol. The van der Waals surface area contributed by atoms with Crippen molar-refractivity contribution in [1.82, 2.24) is 4.90 Å². The Morgan fingerprint density at radius 1 is 1.00 bits per heavy atom. The van der Waals surface area contributed by atoms with Crippen LogP contribution in [0.2, 0.25) is 0 Å². The van der Waals surface area contributed by atoms with Gasteiger partial charge < -0.3 is 10.2 Å². The Morgan fingerprint density at radius 3 is 2.21 bits per heavy atom. The quantitative estimate of drug-likeness (QED) is 0.824. The highest BCUT2D eigenvalue weighted by molar-refractivity contribution is 6.03. The predicted molar refractivity (Wildman–Crippen MR) is 96.7 cm³/mol. The van der Waals surface area contributed by atoms with Gasteiger partial charge in [0.05, 0.1) is 0 Å². The van der Waals surface area contributed by atoms with E-state index in [1.165, 1.54) is 0 Å². The molecule has 0 saturated heterocycles. The molecule has 0 aliphatic rings. The van der Waals surface area contributed by atoms with Crippen LogP contribution in [-0.4, -0.2) is 23.3 Å². The van der Waals surface area contributed by atoms with Crippen LogP contribution in [0.3, 0.4) is 0 Å². The molecule has 4 nitrogen and oxygen atoms in total. The minimum Gasteiger partial charge on any atom is -0.338 e.